The third-order valence-corrected chi connectivity index (χ3v) is 2.59. The Morgan fingerprint density at radius 3 is 2.83 bits per heavy atom. The van der Waals surface area contributed by atoms with Crippen LogP contribution in [0.25, 0.3) is 11.5 Å². The minimum absolute atomic E-state index is 0.304. The van der Waals surface area contributed by atoms with Crippen LogP contribution >= 0.6 is 0 Å². The van der Waals surface area contributed by atoms with Crippen molar-refractivity contribution < 1.29 is 5.11 Å². The lowest BCUT2D eigenvalue weighted by Gasteiger charge is -2.05. The minimum atomic E-state index is -0.411. The zero-order chi connectivity index (χ0) is 12.7. The first-order valence-electron chi connectivity index (χ1n) is 5.38. The summed E-state index contributed by atoms with van der Waals surface area (Å²) in [4.78, 5) is 15.4. The second-order valence-electron chi connectivity index (χ2n) is 3.98. The summed E-state index contributed by atoms with van der Waals surface area (Å²) in [5, 5.41) is 13.7. The van der Waals surface area contributed by atoms with Crippen LogP contribution in [0.4, 0.5) is 0 Å². The molecule has 0 aromatic carbocycles. The molecular formula is C12H10N4O2. The SMILES string of the molecule is Cc1cn2nc(-n3ccc(=O)c(O)c3)ccc2n1. The first kappa shape index (κ1) is 10.5. The van der Waals surface area contributed by atoms with E-state index in [1.807, 2.05) is 13.0 Å². The summed E-state index contributed by atoms with van der Waals surface area (Å²) >= 11 is 0. The van der Waals surface area contributed by atoms with Crippen molar-refractivity contribution >= 4 is 5.65 Å². The highest BCUT2D eigenvalue weighted by Crippen LogP contribution is 2.09. The van der Waals surface area contributed by atoms with E-state index >= 15 is 0 Å². The van der Waals surface area contributed by atoms with Gasteiger partial charge in [0, 0.05) is 12.3 Å². The Bertz CT molecular complexity index is 788. The number of hydrogen-bond donors (Lipinski definition) is 1. The minimum Gasteiger partial charge on any atom is -0.503 e. The molecule has 0 saturated heterocycles. The molecule has 0 bridgehead atoms. The van der Waals surface area contributed by atoms with Gasteiger partial charge in [0.15, 0.2) is 17.2 Å². The van der Waals surface area contributed by atoms with Gasteiger partial charge in [0.1, 0.15) is 0 Å². The number of aromatic hydroxyl groups is 1. The highest BCUT2D eigenvalue weighted by molar-refractivity contribution is 5.41. The molecule has 3 heterocycles. The van der Waals surface area contributed by atoms with Crippen LogP contribution in [0.5, 0.6) is 5.75 Å². The third kappa shape index (κ3) is 1.64. The number of aromatic nitrogens is 4. The van der Waals surface area contributed by atoms with Crippen LogP contribution in [0.2, 0.25) is 0 Å². The van der Waals surface area contributed by atoms with Gasteiger partial charge >= 0.3 is 0 Å². The first-order valence-corrected chi connectivity index (χ1v) is 5.38. The van der Waals surface area contributed by atoms with Crippen molar-refractivity contribution in [1.82, 2.24) is 19.2 Å². The van der Waals surface area contributed by atoms with Crippen LogP contribution < -0.4 is 5.43 Å². The quantitative estimate of drug-likeness (QED) is 0.688. The van der Waals surface area contributed by atoms with E-state index in [9.17, 15) is 9.90 Å². The average molecular weight is 242 g/mol. The fourth-order valence-electron chi connectivity index (χ4n) is 1.74. The zero-order valence-electron chi connectivity index (χ0n) is 9.61. The van der Waals surface area contributed by atoms with Crippen LogP contribution in [-0.4, -0.2) is 24.3 Å². The molecule has 0 fully saturated rings. The van der Waals surface area contributed by atoms with Crippen LogP contribution in [0.1, 0.15) is 5.69 Å². The van der Waals surface area contributed by atoms with Crippen molar-refractivity contribution in [3.63, 3.8) is 0 Å². The zero-order valence-corrected chi connectivity index (χ0v) is 9.61. The molecule has 0 saturated carbocycles. The molecular weight excluding hydrogens is 232 g/mol. The molecule has 0 aliphatic carbocycles. The van der Waals surface area contributed by atoms with Gasteiger partial charge in [-0.3, -0.25) is 4.79 Å². The second-order valence-corrected chi connectivity index (χ2v) is 3.98. The number of imidazole rings is 1. The number of aryl methyl sites for hydroxylation is 1. The molecule has 6 heteroatoms. The highest BCUT2D eigenvalue weighted by Gasteiger charge is 2.03. The maximum absolute atomic E-state index is 11.1. The Morgan fingerprint density at radius 2 is 2.06 bits per heavy atom. The maximum atomic E-state index is 11.1. The summed E-state index contributed by atoms with van der Waals surface area (Å²) in [5.41, 5.74) is 1.22. The van der Waals surface area contributed by atoms with E-state index in [0.717, 1.165) is 11.3 Å². The third-order valence-electron chi connectivity index (χ3n) is 2.59. The Labute approximate surface area is 102 Å². The van der Waals surface area contributed by atoms with E-state index in [1.54, 1.807) is 27.5 Å². The van der Waals surface area contributed by atoms with E-state index in [0.29, 0.717) is 5.82 Å². The van der Waals surface area contributed by atoms with Gasteiger partial charge in [-0.1, -0.05) is 0 Å². The van der Waals surface area contributed by atoms with Gasteiger partial charge < -0.3 is 9.67 Å². The van der Waals surface area contributed by atoms with Gasteiger partial charge in [-0.2, -0.15) is 0 Å². The Kier molecular flexibility index (Phi) is 2.16. The van der Waals surface area contributed by atoms with Gasteiger partial charge in [0.05, 0.1) is 18.1 Å². The van der Waals surface area contributed by atoms with Gasteiger partial charge in [0.2, 0.25) is 5.43 Å². The molecule has 0 spiro atoms. The van der Waals surface area contributed by atoms with Crippen molar-refractivity contribution in [3.05, 3.63) is 52.7 Å². The van der Waals surface area contributed by atoms with Gasteiger partial charge in [0.25, 0.3) is 0 Å². The van der Waals surface area contributed by atoms with Gasteiger partial charge in [-0.25, -0.2) is 9.50 Å². The summed E-state index contributed by atoms with van der Waals surface area (Å²) < 4.78 is 3.23. The fraction of sp³-hybridized carbons (Fsp3) is 0.0833. The first-order chi connectivity index (χ1) is 8.63. The summed E-state index contributed by atoms with van der Waals surface area (Å²) in [6.45, 7) is 1.89. The number of hydrogen-bond acceptors (Lipinski definition) is 4. The standard InChI is InChI=1S/C12H10N4O2/c1-8-6-16-11(13-8)2-3-12(14-16)15-5-4-9(17)10(18)7-15/h2-7,18H,1H3. The molecule has 0 aliphatic rings. The van der Waals surface area contributed by atoms with Crippen LogP contribution in [0, 0.1) is 6.92 Å². The lowest BCUT2D eigenvalue weighted by molar-refractivity contribution is 0.465. The average Bonchev–Trinajstić information content (AvgIpc) is 2.71. The van der Waals surface area contributed by atoms with E-state index in [-0.39, 0.29) is 5.75 Å². The summed E-state index contributed by atoms with van der Waals surface area (Å²) in [7, 11) is 0. The Morgan fingerprint density at radius 1 is 1.22 bits per heavy atom. The molecule has 3 rings (SSSR count). The lowest BCUT2D eigenvalue weighted by atomic mass is 10.4. The summed E-state index contributed by atoms with van der Waals surface area (Å²) in [6, 6.07) is 4.89. The Hall–Kier alpha value is -2.63. The van der Waals surface area contributed by atoms with Crippen LogP contribution in [0.15, 0.2) is 41.6 Å². The molecule has 0 radical (unpaired) electrons. The number of nitrogens with zero attached hydrogens (tertiary/aromatic N) is 4. The molecule has 18 heavy (non-hydrogen) atoms. The molecule has 0 aliphatic heterocycles. The van der Waals surface area contributed by atoms with E-state index in [2.05, 4.69) is 10.1 Å². The molecule has 90 valence electrons. The normalized spacial score (nSPS) is 10.9. The Balaban J connectivity index is 2.18. The highest BCUT2D eigenvalue weighted by atomic mass is 16.3. The molecule has 3 aromatic rings. The largest absolute Gasteiger partial charge is 0.503 e. The molecule has 3 aromatic heterocycles. The van der Waals surface area contributed by atoms with Crippen molar-refractivity contribution in [1.29, 1.82) is 0 Å². The number of fused-ring (bicyclic) bond motifs is 1. The lowest BCUT2D eigenvalue weighted by Crippen LogP contribution is -2.06. The van der Waals surface area contributed by atoms with Crippen molar-refractivity contribution in [2.75, 3.05) is 0 Å². The predicted octanol–water partition coefficient (Wildman–Crippen LogP) is 0.894. The van der Waals surface area contributed by atoms with Crippen molar-refractivity contribution in [2.24, 2.45) is 0 Å². The van der Waals surface area contributed by atoms with E-state index in [4.69, 9.17) is 0 Å². The van der Waals surface area contributed by atoms with E-state index < -0.39 is 5.43 Å². The van der Waals surface area contributed by atoms with E-state index in [1.165, 1.54) is 12.3 Å². The molecule has 1 N–H and O–H groups in total. The molecule has 6 nitrogen and oxygen atoms in total. The summed E-state index contributed by atoms with van der Waals surface area (Å²) in [6.07, 6.45) is 4.70. The van der Waals surface area contributed by atoms with Crippen LogP contribution in [0.3, 0.4) is 0 Å². The van der Waals surface area contributed by atoms with Crippen LogP contribution in [-0.2, 0) is 0 Å². The number of rotatable bonds is 1. The molecule has 0 atom stereocenters. The van der Waals surface area contributed by atoms with Crippen molar-refractivity contribution in [2.45, 2.75) is 6.92 Å². The monoisotopic (exact) mass is 242 g/mol. The van der Waals surface area contributed by atoms with Crippen molar-refractivity contribution in [3.8, 4) is 11.6 Å². The molecule has 0 unspecified atom stereocenters. The fourth-order valence-corrected chi connectivity index (χ4v) is 1.74. The van der Waals surface area contributed by atoms with Gasteiger partial charge in [-0.05, 0) is 19.1 Å². The maximum Gasteiger partial charge on any atom is 0.223 e. The summed E-state index contributed by atoms with van der Waals surface area (Å²) in [5.74, 6) is 0.288. The second kappa shape index (κ2) is 3.69. The smallest absolute Gasteiger partial charge is 0.223 e. The number of pyridine rings is 1. The molecule has 0 amide bonds. The predicted molar refractivity (Wildman–Crippen MR) is 65.0 cm³/mol. The topological polar surface area (TPSA) is 72.4 Å². The van der Waals surface area contributed by atoms with Gasteiger partial charge in [-0.15, -0.1) is 5.10 Å².